The molecule has 1 fully saturated rings. The fourth-order valence-corrected chi connectivity index (χ4v) is 3.41. The minimum atomic E-state index is 0.725. The molecule has 1 aliphatic rings. The number of hydrogen-bond donors (Lipinski definition) is 0. The maximum absolute atomic E-state index is 3.59. The number of hydrogen-bond acceptors (Lipinski definition) is 2. The third kappa shape index (κ3) is 2.89. The van der Waals surface area contributed by atoms with Gasteiger partial charge in [-0.2, -0.15) is 0 Å². The molecule has 0 radical (unpaired) electrons. The average molecular weight is 311 g/mol. The molecule has 1 saturated heterocycles. The van der Waals surface area contributed by atoms with E-state index in [4.69, 9.17) is 0 Å². The van der Waals surface area contributed by atoms with Gasteiger partial charge in [-0.1, -0.05) is 48.0 Å². The number of halogens is 1. The Morgan fingerprint density at radius 2 is 2.00 bits per heavy atom. The molecule has 1 heterocycles. The van der Waals surface area contributed by atoms with Crippen molar-refractivity contribution in [1.82, 2.24) is 4.90 Å². The lowest BCUT2D eigenvalue weighted by Gasteiger charge is -2.27. The monoisotopic (exact) mass is 310 g/mol. The van der Waals surface area contributed by atoms with Gasteiger partial charge in [-0.25, -0.2) is 0 Å². The summed E-state index contributed by atoms with van der Waals surface area (Å²) in [5.74, 6) is 0. The van der Waals surface area contributed by atoms with E-state index in [1.165, 1.54) is 30.8 Å². The van der Waals surface area contributed by atoms with Crippen molar-refractivity contribution in [3.05, 3.63) is 29.8 Å². The van der Waals surface area contributed by atoms with Crippen LogP contribution in [-0.2, 0) is 5.33 Å². The Morgan fingerprint density at radius 1 is 1.28 bits per heavy atom. The summed E-state index contributed by atoms with van der Waals surface area (Å²) < 4.78 is 0. The second-order valence-electron chi connectivity index (χ2n) is 4.87. The van der Waals surface area contributed by atoms with Crippen LogP contribution in [0, 0.1) is 0 Å². The lowest BCUT2D eigenvalue weighted by molar-refractivity contribution is 0.232. The summed E-state index contributed by atoms with van der Waals surface area (Å²) in [6, 6.07) is 9.46. The van der Waals surface area contributed by atoms with Crippen LogP contribution in [0.1, 0.15) is 25.8 Å². The van der Waals surface area contributed by atoms with Gasteiger partial charge in [-0.05, 0) is 31.1 Å². The Kier molecular flexibility index (Phi) is 5.07. The molecule has 0 spiro atoms. The van der Waals surface area contributed by atoms with Crippen molar-refractivity contribution in [2.45, 2.75) is 31.6 Å². The zero-order chi connectivity index (χ0) is 13.0. The Morgan fingerprint density at radius 3 is 2.67 bits per heavy atom. The Labute approximate surface area is 119 Å². The molecule has 0 bridgehead atoms. The van der Waals surface area contributed by atoms with Gasteiger partial charge < -0.3 is 4.90 Å². The molecule has 1 atom stereocenters. The molecule has 0 aromatic heterocycles. The molecule has 1 unspecified atom stereocenters. The summed E-state index contributed by atoms with van der Waals surface area (Å²) in [7, 11) is 0. The number of likely N-dealkylation sites (N-methyl/N-ethyl adjacent to an activating group) is 1. The van der Waals surface area contributed by atoms with E-state index in [9.17, 15) is 0 Å². The van der Waals surface area contributed by atoms with Crippen LogP contribution in [0.15, 0.2) is 24.3 Å². The van der Waals surface area contributed by atoms with Gasteiger partial charge in [0.15, 0.2) is 0 Å². The van der Waals surface area contributed by atoms with Crippen LogP contribution in [0.5, 0.6) is 0 Å². The van der Waals surface area contributed by atoms with E-state index in [0.29, 0.717) is 0 Å². The standard InChI is InChI=1S/C15H23BrN2/c1-3-17(4-2)14-9-10-18(12-14)15-8-6-5-7-13(15)11-16/h5-8,14H,3-4,9-12H2,1-2H3. The molecular weight excluding hydrogens is 288 g/mol. The zero-order valence-electron chi connectivity index (χ0n) is 11.4. The third-order valence-corrected chi connectivity index (χ3v) is 4.57. The van der Waals surface area contributed by atoms with E-state index in [2.05, 4.69) is 63.8 Å². The maximum atomic E-state index is 3.59. The Balaban J connectivity index is 2.08. The lowest BCUT2D eigenvalue weighted by atomic mass is 10.2. The zero-order valence-corrected chi connectivity index (χ0v) is 13.0. The molecule has 1 aliphatic heterocycles. The summed E-state index contributed by atoms with van der Waals surface area (Å²) >= 11 is 3.59. The fraction of sp³-hybridized carbons (Fsp3) is 0.600. The first-order valence-electron chi connectivity index (χ1n) is 6.93. The molecule has 100 valence electrons. The highest BCUT2D eigenvalue weighted by Crippen LogP contribution is 2.27. The fourth-order valence-electron chi connectivity index (χ4n) is 2.93. The second kappa shape index (κ2) is 6.58. The molecule has 3 heteroatoms. The number of alkyl halides is 1. The topological polar surface area (TPSA) is 6.48 Å². The SMILES string of the molecule is CCN(CC)C1CCN(c2ccccc2CBr)C1. The van der Waals surface area contributed by atoms with Crippen molar-refractivity contribution in [2.75, 3.05) is 31.1 Å². The number of nitrogens with zero attached hydrogens (tertiary/aromatic N) is 2. The van der Waals surface area contributed by atoms with Crippen molar-refractivity contribution in [3.8, 4) is 0 Å². The predicted octanol–water partition coefficient (Wildman–Crippen LogP) is 3.50. The van der Waals surface area contributed by atoms with Crippen molar-refractivity contribution >= 4 is 21.6 Å². The molecule has 2 nitrogen and oxygen atoms in total. The lowest BCUT2D eigenvalue weighted by Crippen LogP contribution is -2.37. The summed E-state index contributed by atoms with van der Waals surface area (Å²) in [4.78, 5) is 5.12. The molecule has 0 amide bonds. The van der Waals surface area contributed by atoms with Gasteiger partial charge in [0.1, 0.15) is 0 Å². The van der Waals surface area contributed by atoms with Crippen molar-refractivity contribution in [1.29, 1.82) is 0 Å². The van der Waals surface area contributed by atoms with Crippen LogP contribution in [0.3, 0.4) is 0 Å². The minimum Gasteiger partial charge on any atom is -0.370 e. The van der Waals surface area contributed by atoms with E-state index in [0.717, 1.165) is 24.5 Å². The van der Waals surface area contributed by atoms with Gasteiger partial charge in [-0.15, -0.1) is 0 Å². The van der Waals surface area contributed by atoms with Crippen molar-refractivity contribution < 1.29 is 0 Å². The number of benzene rings is 1. The van der Waals surface area contributed by atoms with Crippen LogP contribution in [0.2, 0.25) is 0 Å². The van der Waals surface area contributed by atoms with Gasteiger partial charge >= 0.3 is 0 Å². The van der Waals surface area contributed by atoms with E-state index in [1.807, 2.05) is 0 Å². The summed E-state index contributed by atoms with van der Waals surface area (Å²) in [6.45, 7) is 9.21. The Hall–Kier alpha value is -0.540. The van der Waals surface area contributed by atoms with Gasteiger partial charge in [0.2, 0.25) is 0 Å². The molecule has 1 aromatic carbocycles. The molecule has 0 saturated carbocycles. The number of para-hydroxylation sites is 1. The van der Waals surface area contributed by atoms with Crippen LogP contribution >= 0.6 is 15.9 Å². The highest BCUT2D eigenvalue weighted by Gasteiger charge is 2.26. The van der Waals surface area contributed by atoms with Gasteiger partial charge in [-0.3, -0.25) is 4.90 Å². The van der Waals surface area contributed by atoms with Gasteiger partial charge in [0, 0.05) is 30.1 Å². The molecule has 2 rings (SSSR count). The first-order valence-corrected chi connectivity index (χ1v) is 8.05. The van der Waals surface area contributed by atoms with Crippen LogP contribution < -0.4 is 4.90 Å². The summed E-state index contributed by atoms with van der Waals surface area (Å²) in [6.07, 6.45) is 1.29. The summed E-state index contributed by atoms with van der Waals surface area (Å²) in [5.41, 5.74) is 2.81. The Bertz CT molecular complexity index is 377. The van der Waals surface area contributed by atoms with Crippen LogP contribution in [0.25, 0.3) is 0 Å². The summed E-state index contributed by atoms with van der Waals surface area (Å²) in [5, 5.41) is 0.940. The minimum absolute atomic E-state index is 0.725. The number of anilines is 1. The van der Waals surface area contributed by atoms with E-state index < -0.39 is 0 Å². The van der Waals surface area contributed by atoms with E-state index in [-0.39, 0.29) is 0 Å². The normalized spacial score (nSPS) is 19.8. The second-order valence-corrected chi connectivity index (χ2v) is 5.43. The van der Waals surface area contributed by atoms with Crippen molar-refractivity contribution in [2.24, 2.45) is 0 Å². The van der Waals surface area contributed by atoms with Gasteiger partial charge in [0.05, 0.1) is 0 Å². The smallest absolute Gasteiger partial charge is 0.0407 e. The molecular formula is C15H23BrN2. The maximum Gasteiger partial charge on any atom is 0.0407 e. The van der Waals surface area contributed by atoms with E-state index in [1.54, 1.807) is 0 Å². The quantitative estimate of drug-likeness (QED) is 0.768. The molecule has 0 aliphatic carbocycles. The highest BCUT2D eigenvalue weighted by atomic mass is 79.9. The first-order chi connectivity index (χ1) is 8.80. The third-order valence-electron chi connectivity index (χ3n) is 3.97. The van der Waals surface area contributed by atoms with Crippen LogP contribution in [0.4, 0.5) is 5.69 Å². The van der Waals surface area contributed by atoms with E-state index >= 15 is 0 Å². The highest BCUT2D eigenvalue weighted by molar-refractivity contribution is 9.08. The van der Waals surface area contributed by atoms with Crippen molar-refractivity contribution in [3.63, 3.8) is 0 Å². The number of rotatable bonds is 5. The van der Waals surface area contributed by atoms with Crippen LogP contribution in [-0.4, -0.2) is 37.1 Å². The predicted molar refractivity (Wildman–Crippen MR) is 82.6 cm³/mol. The molecule has 0 N–H and O–H groups in total. The average Bonchev–Trinajstić information content (AvgIpc) is 2.89. The molecule has 18 heavy (non-hydrogen) atoms. The molecule has 1 aromatic rings. The first kappa shape index (κ1) is 13.9. The van der Waals surface area contributed by atoms with Gasteiger partial charge in [0.25, 0.3) is 0 Å². The largest absolute Gasteiger partial charge is 0.370 e.